The number of ketones is 1. The molecule has 0 aliphatic heterocycles. The van der Waals surface area contributed by atoms with Crippen LogP contribution in [0, 0.1) is 10.1 Å². The first kappa shape index (κ1) is 15.9. The zero-order valence-corrected chi connectivity index (χ0v) is 12.2. The SMILES string of the molecule is O=C(CCNCCc1ccccc1)c1ccc([N+](=O)[O-])cc1. The van der Waals surface area contributed by atoms with Gasteiger partial charge >= 0.3 is 0 Å². The summed E-state index contributed by atoms with van der Waals surface area (Å²) in [7, 11) is 0. The molecular formula is C17H18N2O3. The second-order valence-corrected chi connectivity index (χ2v) is 4.96. The van der Waals surface area contributed by atoms with Crippen molar-refractivity contribution in [3.05, 3.63) is 75.8 Å². The van der Waals surface area contributed by atoms with Crippen molar-refractivity contribution in [2.24, 2.45) is 0 Å². The van der Waals surface area contributed by atoms with Crippen LogP contribution in [0.3, 0.4) is 0 Å². The number of benzene rings is 2. The minimum absolute atomic E-state index is 0.00228. The number of nitrogens with zero attached hydrogens (tertiary/aromatic N) is 1. The van der Waals surface area contributed by atoms with Gasteiger partial charge in [-0.05, 0) is 30.7 Å². The van der Waals surface area contributed by atoms with Crippen LogP contribution in [0.1, 0.15) is 22.3 Å². The topological polar surface area (TPSA) is 72.2 Å². The van der Waals surface area contributed by atoms with E-state index >= 15 is 0 Å². The fraction of sp³-hybridized carbons (Fsp3) is 0.235. The summed E-state index contributed by atoms with van der Waals surface area (Å²) in [6, 6.07) is 15.9. The van der Waals surface area contributed by atoms with Gasteiger partial charge < -0.3 is 5.32 Å². The van der Waals surface area contributed by atoms with E-state index in [9.17, 15) is 14.9 Å². The van der Waals surface area contributed by atoms with Crippen LogP contribution in [0.15, 0.2) is 54.6 Å². The molecule has 2 rings (SSSR count). The lowest BCUT2D eigenvalue weighted by Crippen LogP contribution is -2.21. The molecular weight excluding hydrogens is 280 g/mol. The third-order valence-corrected chi connectivity index (χ3v) is 3.36. The molecule has 0 aliphatic rings. The van der Waals surface area contributed by atoms with Gasteiger partial charge in [-0.2, -0.15) is 0 Å². The zero-order chi connectivity index (χ0) is 15.8. The van der Waals surface area contributed by atoms with E-state index in [1.54, 1.807) is 0 Å². The molecule has 0 aliphatic carbocycles. The number of nitro benzene ring substituents is 1. The third-order valence-electron chi connectivity index (χ3n) is 3.36. The van der Waals surface area contributed by atoms with Crippen LogP contribution in [-0.4, -0.2) is 23.8 Å². The highest BCUT2D eigenvalue weighted by Crippen LogP contribution is 2.13. The van der Waals surface area contributed by atoms with E-state index in [0.29, 0.717) is 18.5 Å². The minimum atomic E-state index is -0.473. The number of carbonyl (C=O) groups excluding carboxylic acids is 1. The number of hydrogen-bond acceptors (Lipinski definition) is 4. The molecule has 0 saturated heterocycles. The average molecular weight is 298 g/mol. The second kappa shape index (κ2) is 8.05. The number of nitro groups is 1. The van der Waals surface area contributed by atoms with Crippen LogP contribution in [-0.2, 0) is 6.42 Å². The molecule has 0 radical (unpaired) electrons. The van der Waals surface area contributed by atoms with Crippen molar-refractivity contribution < 1.29 is 9.72 Å². The van der Waals surface area contributed by atoms with E-state index in [4.69, 9.17) is 0 Å². The normalized spacial score (nSPS) is 10.4. The summed E-state index contributed by atoms with van der Waals surface area (Å²) in [6.07, 6.45) is 1.30. The number of Topliss-reactive ketones (excluding diaryl/α,β-unsaturated/α-hetero) is 1. The van der Waals surface area contributed by atoms with Crippen LogP contribution < -0.4 is 5.32 Å². The Morgan fingerprint density at radius 2 is 1.68 bits per heavy atom. The Morgan fingerprint density at radius 1 is 1.00 bits per heavy atom. The van der Waals surface area contributed by atoms with Gasteiger partial charge in [0.15, 0.2) is 5.78 Å². The number of non-ortho nitro benzene ring substituents is 1. The van der Waals surface area contributed by atoms with E-state index in [1.165, 1.54) is 29.8 Å². The Morgan fingerprint density at radius 3 is 2.32 bits per heavy atom. The van der Waals surface area contributed by atoms with Gasteiger partial charge in [0.05, 0.1) is 4.92 Å². The van der Waals surface area contributed by atoms with Gasteiger partial charge in [-0.3, -0.25) is 14.9 Å². The van der Waals surface area contributed by atoms with Crippen LogP contribution >= 0.6 is 0 Å². The first-order valence-electron chi connectivity index (χ1n) is 7.19. The maximum Gasteiger partial charge on any atom is 0.269 e. The van der Waals surface area contributed by atoms with Crippen molar-refractivity contribution >= 4 is 11.5 Å². The molecule has 5 nitrogen and oxygen atoms in total. The van der Waals surface area contributed by atoms with E-state index in [0.717, 1.165) is 13.0 Å². The summed E-state index contributed by atoms with van der Waals surface area (Å²) in [4.78, 5) is 22.0. The molecule has 114 valence electrons. The highest BCUT2D eigenvalue weighted by Gasteiger charge is 2.09. The summed E-state index contributed by atoms with van der Waals surface area (Å²) >= 11 is 0. The molecule has 1 N–H and O–H groups in total. The molecule has 0 aromatic heterocycles. The van der Waals surface area contributed by atoms with Crippen molar-refractivity contribution in [2.75, 3.05) is 13.1 Å². The monoisotopic (exact) mass is 298 g/mol. The molecule has 2 aromatic carbocycles. The molecule has 0 fully saturated rings. The predicted molar refractivity (Wildman–Crippen MR) is 85.1 cm³/mol. The Bertz CT molecular complexity index is 624. The fourth-order valence-electron chi connectivity index (χ4n) is 2.12. The Hall–Kier alpha value is -2.53. The van der Waals surface area contributed by atoms with Gasteiger partial charge in [0.25, 0.3) is 5.69 Å². The highest BCUT2D eigenvalue weighted by atomic mass is 16.6. The van der Waals surface area contributed by atoms with Crippen molar-refractivity contribution in [1.82, 2.24) is 5.32 Å². The second-order valence-electron chi connectivity index (χ2n) is 4.96. The number of nitrogens with one attached hydrogen (secondary N) is 1. The first-order valence-corrected chi connectivity index (χ1v) is 7.19. The quantitative estimate of drug-likeness (QED) is 0.352. The standard InChI is InChI=1S/C17H18N2O3/c20-17(15-6-8-16(9-7-15)19(21)22)11-13-18-12-10-14-4-2-1-3-5-14/h1-9,18H,10-13H2. The molecule has 0 saturated carbocycles. The van der Waals surface area contributed by atoms with Gasteiger partial charge in [0.2, 0.25) is 0 Å². The van der Waals surface area contributed by atoms with E-state index in [1.807, 2.05) is 18.2 Å². The zero-order valence-electron chi connectivity index (χ0n) is 12.2. The van der Waals surface area contributed by atoms with E-state index in [-0.39, 0.29) is 11.5 Å². The lowest BCUT2D eigenvalue weighted by molar-refractivity contribution is -0.384. The lowest BCUT2D eigenvalue weighted by Gasteiger charge is -2.05. The molecule has 0 unspecified atom stereocenters. The van der Waals surface area contributed by atoms with E-state index < -0.39 is 4.92 Å². The third kappa shape index (κ3) is 4.79. The van der Waals surface area contributed by atoms with Crippen molar-refractivity contribution in [3.63, 3.8) is 0 Å². The fourth-order valence-corrected chi connectivity index (χ4v) is 2.12. The average Bonchev–Trinajstić information content (AvgIpc) is 2.55. The maximum absolute atomic E-state index is 11.9. The van der Waals surface area contributed by atoms with Gasteiger partial charge in [-0.15, -0.1) is 0 Å². The molecule has 0 spiro atoms. The first-order chi connectivity index (χ1) is 10.7. The van der Waals surface area contributed by atoms with Crippen LogP contribution in [0.4, 0.5) is 5.69 Å². The molecule has 2 aromatic rings. The largest absolute Gasteiger partial charge is 0.316 e. The van der Waals surface area contributed by atoms with Gasteiger partial charge in [-0.1, -0.05) is 30.3 Å². The minimum Gasteiger partial charge on any atom is -0.316 e. The maximum atomic E-state index is 11.9. The Labute approximate surface area is 129 Å². The number of rotatable bonds is 8. The summed E-state index contributed by atoms with van der Waals surface area (Å²) < 4.78 is 0. The van der Waals surface area contributed by atoms with E-state index in [2.05, 4.69) is 17.4 Å². The molecule has 5 heteroatoms. The molecule has 0 atom stereocenters. The van der Waals surface area contributed by atoms with Crippen LogP contribution in [0.25, 0.3) is 0 Å². The molecule has 0 heterocycles. The van der Waals surface area contributed by atoms with Crippen LogP contribution in [0.2, 0.25) is 0 Å². The lowest BCUT2D eigenvalue weighted by atomic mass is 10.1. The summed E-state index contributed by atoms with van der Waals surface area (Å²) in [5.41, 5.74) is 1.77. The molecule has 0 amide bonds. The van der Waals surface area contributed by atoms with Crippen molar-refractivity contribution in [2.45, 2.75) is 12.8 Å². The Kier molecular flexibility index (Phi) is 5.80. The number of carbonyl (C=O) groups is 1. The number of hydrogen-bond donors (Lipinski definition) is 1. The van der Waals surface area contributed by atoms with Gasteiger partial charge in [0.1, 0.15) is 0 Å². The highest BCUT2D eigenvalue weighted by molar-refractivity contribution is 5.96. The summed E-state index contributed by atoms with van der Waals surface area (Å²) in [6.45, 7) is 1.42. The smallest absolute Gasteiger partial charge is 0.269 e. The van der Waals surface area contributed by atoms with Crippen molar-refractivity contribution in [1.29, 1.82) is 0 Å². The van der Waals surface area contributed by atoms with Gasteiger partial charge in [0, 0.05) is 30.7 Å². The Balaban J connectivity index is 1.70. The summed E-state index contributed by atoms with van der Waals surface area (Å²) in [5.74, 6) is -0.0119. The predicted octanol–water partition coefficient (Wildman–Crippen LogP) is 3.00. The van der Waals surface area contributed by atoms with Gasteiger partial charge in [-0.25, -0.2) is 0 Å². The van der Waals surface area contributed by atoms with Crippen molar-refractivity contribution in [3.8, 4) is 0 Å². The summed E-state index contributed by atoms with van der Waals surface area (Å²) in [5, 5.41) is 13.8. The molecule has 22 heavy (non-hydrogen) atoms. The van der Waals surface area contributed by atoms with Crippen LogP contribution in [0.5, 0.6) is 0 Å². The molecule has 0 bridgehead atoms.